The van der Waals surface area contributed by atoms with Crippen LogP contribution in [0.5, 0.6) is 0 Å². The average Bonchev–Trinajstić information content (AvgIpc) is 2.71. The summed E-state index contributed by atoms with van der Waals surface area (Å²) in [5.41, 5.74) is 3.09. The van der Waals surface area contributed by atoms with Gasteiger partial charge in [-0.2, -0.15) is 0 Å². The van der Waals surface area contributed by atoms with Crippen LogP contribution in [0, 0.1) is 26.7 Å². The molecule has 1 aromatic carbocycles. The maximum atomic E-state index is 13.1. The van der Waals surface area contributed by atoms with Crippen LogP contribution in [0.4, 0.5) is 4.79 Å². The minimum atomic E-state index is -0.957. The van der Waals surface area contributed by atoms with Gasteiger partial charge in [-0.1, -0.05) is 31.5 Å². The Balaban J connectivity index is 2.59. The molecule has 27 heavy (non-hydrogen) atoms. The van der Waals surface area contributed by atoms with E-state index in [1.165, 1.54) is 12.2 Å². The number of ether oxygens (including phenoxy) is 2. The molecule has 2 rings (SSSR count). The summed E-state index contributed by atoms with van der Waals surface area (Å²) in [7, 11) is 1.42. The Bertz CT molecular complexity index is 769. The highest BCUT2D eigenvalue weighted by Gasteiger charge is 2.50. The van der Waals surface area contributed by atoms with Gasteiger partial charge in [0.1, 0.15) is 5.54 Å². The fourth-order valence-electron chi connectivity index (χ4n) is 3.48. The topological polar surface area (TPSA) is 65.1 Å². The van der Waals surface area contributed by atoms with Gasteiger partial charge in [-0.05, 0) is 57.2 Å². The van der Waals surface area contributed by atoms with Crippen LogP contribution in [0.1, 0.15) is 49.9 Å². The van der Waals surface area contributed by atoms with E-state index in [2.05, 4.69) is 0 Å². The van der Waals surface area contributed by atoms with E-state index in [0.29, 0.717) is 5.57 Å². The fraction of sp³-hybridized carbons (Fsp3) is 0.524. The number of aryl methyl sites for hydroxylation is 3. The molecule has 0 bridgehead atoms. The van der Waals surface area contributed by atoms with Gasteiger partial charge in [0.05, 0.1) is 19.3 Å². The minimum absolute atomic E-state index is 0.182. The van der Waals surface area contributed by atoms with Crippen LogP contribution in [-0.2, 0) is 19.1 Å². The van der Waals surface area contributed by atoms with Gasteiger partial charge < -0.3 is 9.47 Å². The van der Waals surface area contributed by atoms with Gasteiger partial charge >= 0.3 is 6.16 Å². The smallest absolute Gasteiger partial charge is 0.434 e. The van der Waals surface area contributed by atoms with Crippen LogP contribution >= 0.6 is 0 Å². The summed E-state index contributed by atoms with van der Waals surface area (Å²) in [5, 5.41) is 1.23. The lowest BCUT2D eigenvalue weighted by atomic mass is 9.91. The first-order valence-electron chi connectivity index (χ1n) is 9.06. The molecule has 0 spiro atoms. The number of hydroxylamine groups is 2. The Morgan fingerprint density at radius 3 is 2.19 bits per heavy atom. The Labute approximate surface area is 161 Å². The Kier molecular flexibility index (Phi) is 6.00. The van der Waals surface area contributed by atoms with Crippen molar-refractivity contribution in [3.8, 4) is 0 Å². The number of amides is 1. The number of hydrogen-bond donors (Lipinski definition) is 0. The molecule has 0 saturated heterocycles. The molecule has 1 aliphatic heterocycles. The first-order chi connectivity index (χ1) is 12.5. The fourth-order valence-corrected chi connectivity index (χ4v) is 3.48. The van der Waals surface area contributed by atoms with Gasteiger partial charge in [-0.25, -0.2) is 9.86 Å². The van der Waals surface area contributed by atoms with E-state index in [9.17, 15) is 9.59 Å². The zero-order valence-electron chi connectivity index (χ0n) is 17.4. The van der Waals surface area contributed by atoms with Gasteiger partial charge in [0.2, 0.25) is 0 Å². The molecule has 0 unspecified atom stereocenters. The van der Waals surface area contributed by atoms with Crippen LogP contribution in [0.2, 0.25) is 0 Å². The molecule has 0 radical (unpaired) electrons. The van der Waals surface area contributed by atoms with Crippen molar-refractivity contribution >= 4 is 17.6 Å². The third-order valence-electron chi connectivity index (χ3n) is 4.52. The quantitative estimate of drug-likeness (QED) is 0.717. The summed E-state index contributed by atoms with van der Waals surface area (Å²) in [5.74, 6) is 0.0728. The van der Waals surface area contributed by atoms with Crippen molar-refractivity contribution < 1.29 is 23.9 Å². The molecular weight excluding hydrogens is 346 g/mol. The molecule has 6 heteroatoms. The van der Waals surface area contributed by atoms with Crippen LogP contribution in [0.25, 0.3) is 5.57 Å². The van der Waals surface area contributed by atoms with E-state index in [4.69, 9.17) is 14.3 Å². The average molecular weight is 375 g/mol. The minimum Gasteiger partial charge on any atom is -0.434 e. The van der Waals surface area contributed by atoms with Crippen molar-refractivity contribution in [3.63, 3.8) is 0 Å². The molecule has 0 N–H and O–H groups in total. The van der Waals surface area contributed by atoms with Crippen LogP contribution < -0.4 is 0 Å². The monoisotopic (exact) mass is 375 g/mol. The number of benzene rings is 1. The van der Waals surface area contributed by atoms with Crippen LogP contribution in [0.15, 0.2) is 17.9 Å². The molecule has 1 amide bonds. The van der Waals surface area contributed by atoms with E-state index >= 15 is 0 Å². The Morgan fingerprint density at radius 2 is 1.70 bits per heavy atom. The molecule has 1 aromatic rings. The van der Waals surface area contributed by atoms with Crippen molar-refractivity contribution in [2.45, 2.75) is 54.0 Å². The second-order valence-corrected chi connectivity index (χ2v) is 7.88. The third-order valence-corrected chi connectivity index (χ3v) is 4.52. The molecule has 6 nitrogen and oxygen atoms in total. The molecule has 1 heterocycles. The molecule has 1 aliphatic rings. The summed E-state index contributed by atoms with van der Waals surface area (Å²) in [4.78, 5) is 30.7. The summed E-state index contributed by atoms with van der Waals surface area (Å²) in [6.45, 7) is 13.5. The number of nitrogens with zero attached hydrogens (tertiary/aromatic N) is 1. The van der Waals surface area contributed by atoms with Gasteiger partial charge in [-0.15, -0.1) is 0 Å². The van der Waals surface area contributed by atoms with E-state index in [1.54, 1.807) is 13.8 Å². The lowest BCUT2D eigenvalue weighted by Crippen LogP contribution is -2.43. The molecule has 148 valence electrons. The van der Waals surface area contributed by atoms with Crippen molar-refractivity contribution in [3.05, 3.63) is 40.1 Å². The largest absolute Gasteiger partial charge is 0.513 e. The van der Waals surface area contributed by atoms with Gasteiger partial charge in [0, 0.05) is 0 Å². The molecule has 0 atom stereocenters. The van der Waals surface area contributed by atoms with Gasteiger partial charge in [-0.3, -0.25) is 9.63 Å². The highest BCUT2D eigenvalue weighted by Crippen LogP contribution is 2.42. The van der Waals surface area contributed by atoms with Gasteiger partial charge in [0.25, 0.3) is 5.91 Å². The SMILES string of the molecule is CON1C(=O)C(c2c(C)cc(C)cc2C)=C(OC(=O)OCC(C)C)C1(C)C. The van der Waals surface area contributed by atoms with E-state index in [1.807, 2.05) is 46.8 Å². The molecule has 0 saturated carbocycles. The third kappa shape index (κ3) is 4.00. The lowest BCUT2D eigenvalue weighted by Gasteiger charge is -2.30. The summed E-state index contributed by atoms with van der Waals surface area (Å²) < 4.78 is 10.7. The van der Waals surface area contributed by atoms with E-state index in [0.717, 1.165) is 22.3 Å². The van der Waals surface area contributed by atoms with Crippen molar-refractivity contribution in [2.24, 2.45) is 5.92 Å². The predicted octanol–water partition coefficient (Wildman–Crippen LogP) is 4.31. The molecule has 0 aromatic heterocycles. The highest BCUT2D eigenvalue weighted by molar-refractivity contribution is 6.23. The number of carbonyl (C=O) groups is 2. The van der Waals surface area contributed by atoms with Crippen molar-refractivity contribution in [2.75, 3.05) is 13.7 Å². The molecular formula is C21H29NO5. The van der Waals surface area contributed by atoms with Gasteiger partial charge in [0.15, 0.2) is 5.76 Å². The number of rotatable bonds is 5. The number of carbonyl (C=O) groups excluding carboxylic acids is 2. The summed E-state index contributed by atoms with van der Waals surface area (Å²) in [6, 6.07) is 4.00. The predicted molar refractivity (Wildman–Crippen MR) is 103 cm³/mol. The van der Waals surface area contributed by atoms with Crippen LogP contribution in [-0.4, -0.2) is 36.4 Å². The summed E-state index contributed by atoms with van der Waals surface area (Å²) >= 11 is 0. The highest BCUT2D eigenvalue weighted by atomic mass is 16.7. The zero-order valence-corrected chi connectivity index (χ0v) is 17.4. The van der Waals surface area contributed by atoms with E-state index in [-0.39, 0.29) is 24.2 Å². The normalized spacial score (nSPS) is 16.3. The number of hydrogen-bond acceptors (Lipinski definition) is 5. The molecule has 0 aliphatic carbocycles. The maximum absolute atomic E-state index is 13.1. The summed E-state index contributed by atoms with van der Waals surface area (Å²) in [6.07, 6.45) is -0.822. The molecule has 0 fully saturated rings. The first kappa shape index (κ1) is 21.0. The lowest BCUT2D eigenvalue weighted by molar-refractivity contribution is -0.190. The van der Waals surface area contributed by atoms with Crippen molar-refractivity contribution in [1.82, 2.24) is 5.06 Å². The van der Waals surface area contributed by atoms with Crippen molar-refractivity contribution in [1.29, 1.82) is 0 Å². The zero-order chi connectivity index (χ0) is 20.5. The Hall–Kier alpha value is -2.34. The maximum Gasteiger partial charge on any atom is 0.513 e. The standard InChI is InChI=1S/C21H29NO5/c1-12(2)11-26-20(24)27-18-17(19(23)22(25-8)21(18,6)7)16-14(4)9-13(3)10-15(16)5/h9-10,12H,11H2,1-8H3. The Morgan fingerprint density at radius 1 is 1.15 bits per heavy atom. The van der Waals surface area contributed by atoms with E-state index < -0.39 is 11.7 Å². The second kappa shape index (κ2) is 7.72. The second-order valence-electron chi connectivity index (χ2n) is 7.88. The first-order valence-corrected chi connectivity index (χ1v) is 9.06. The van der Waals surface area contributed by atoms with Crippen LogP contribution in [0.3, 0.4) is 0 Å².